The number of H-pyrrole nitrogens is 1. The normalized spacial score (nSPS) is 22.0. The summed E-state index contributed by atoms with van der Waals surface area (Å²) in [6, 6.07) is 14.5. The molecule has 8 rings (SSSR count). The molecule has 4 aromatic heterocycles. The molecule has 1 saturated carbocycles. The van der Waals surface area contributed by atoms with Crippen LogP contribution in [0.4, 0.5) is 11.6 Å². The van der Waals surface area contributed by atoms with Crippen LogP contribution >= 0.6 is 0 Å². The van der Waals surface area contributed by atoms with Gasteiger partial charge in [0.2, 0.25) is 0 Å². The van der Waals surface area contributed by atoms with Crippen LogP contribution < -0.4 is 11.5 Å². The van der Waals surface area contributed by atoms with Crippen molar-refractivity contribution in [3.63, 3.8) is 0 Å². The number of carbonyl (C=O) groups is 1. The van der Waals surface area contributed by atoms with E-state index in [-0.39, 0.29) is 29.7 Å². The van der Waals surface area contributed by atoms with E-state index in [2.05, 4.69) is 33.5 Å². The summed E-state index contributed by atoms with van der Waals surface area (Å²) in [5, 5.41) is 11.4. The minimum Gasteiger partial charge on any atom is -0.383 e. The molecule has 10 nitrogen and oxygen atoms in total. The molecule has 2 bridgehead atoms. The number of aromatic amines is 1. The molecule has 5 aromatic rings. The molecule has 3 atom stereocenters. The highest BCUT2D eigenvalue weighted by Gasteiger charge is 2.46. The number of amides is 1. The lowest BCUT2D eigenvalue weighted by Crippen LogP contribution is -2.46. The Kier molecular flexibility index (Phi) is 5.38. The molecule has 0 radical (unpaired) electrons. The average molecular weight is 546 g/mol. The van der Waals surface area contributed by atoms with Crippen molar-refractivity contribution in [3.8, 4) is 22.4 Å². The van der Waals surface area contributed by atoms with E-state index >= 15 is 0 Å². The molecule has 2 saturated heterocycles. The number of nitrogen functional groups attached to an aromatic ring is 2. The fourth-order valence-corrected chi connectivity index (χ4v) is 7.03. The monoisotopic (exact) mass is 545 g/mol. The number of rotatable bonds is 5. The van der Waals surface area contributed by atoms with Gasteiger partial charge in [-0.15, -0.1) is 0 Å². The van der Waals surface area contributed by atoms with Crippen LogP contribution in [0.25, 0.3) is 28.0 Å². The standard InChI is InChI=1S/C31H31N9O/c32-28-24(15-35-38-28)31(41)39-21-9-10-22(39)13-20(12-21)27-26(18-6-7-18)29(33)40-30(37-27)23(16-36-40)19-8-11-25(34-14-19)17-4-2-1-3-5-17/h1-5,8,11,14-16,18,20-22H,6-7,9-10,12-13,33H2,(H3,32,35,38)/t20-,21-,22+. The Morgan fingerprint density at radius 1 is 0.902 bits per heavy atom. The number of aromatic nitrogens is 6. The van der Waals surface area contributed by atoms with E-state index in [9.17, 15) is 4.79 Å². The SMILES string of the molecule is Nc1n[nH]cc1C(=O)N1[C@@H]2CC[C@H]1C[C@H](c1nc3c(-c4ccc(-c5ccccc5)nc4)cnn3c(N)c1C1CC1)C2. The highest BCUT2D eigenvalue weighted by Crippen LogP contribution is 2.50. The summed E-state index contributed by atoms with van der Waals surface area (Å²) in [6.07, 6.45) is 11.3. The van der Waals surface area contributed by atoms with E-state index < -0.39 is 0 Å². The molecule has 206 valence electrons. The fourth-order valence-electron chi connectivity index (χ4n) is 7.03. The molecule has 41 heavy (non-hydrogen) atoms. The molecule has 1 aliphatic carbocycles. The van der Waals surface area contributed by atoms with Gasteiger partial charge in [-0.2, -0.15) is 14.7 Å². The van der Waals surface area contributed by atoms with Crippen LogP contribution in [-0.2, 0) is 0 Å². The van der Waals surface area contributed by atoms with Crippen molar-refractivity contribution in [1.82, 2.24) is 34.7 Å². The maximum absolute atomic E-state index is 13.4. The number of hydrogen-bond acceptors (Lipinski definition) is 7. The molecule has 2 aliphatic heterocycles. The number of benzene rings is 1. The summed E-state index contributed by atoms with van der Waals surface area (Å²) in [7, 11) is 0. The van der Waals surface area contributed by atoms with E-state index in [1.807, 2.05) is 41.6 Å². The average Bonchev–Trinajstić information content (AvgIpc) is 3.49. The second-order valence-electron chi connectivity index (χ2n) is 11.6. The number of fused-ring (bicyclic) bond motifs is 3. The van der Waals surface area contributed by atoms with Gasteiger partial charge in [-0.1, -0.05) is 36.4 Å². The Hall–Kier alpha value is -4.73. The largest absolute Gasteiger partial charge is 0.383 e. The molecular formula is C31H31N9O. The van der Waals surface area contributed by atoms with E-state index in [4.69, 9.17) is 21.4 Å². The Labute approximate surface area is 236 Å². The van der Waals surface area contributed by atoms with E-state index in [1.54, 1.807) is 10.7 Å². The van der Waals surface area contributed by atoms with Crippen LogP contribution in [0.15, 0.2) is 61.1 Å². The van der Waals surface area contributed by atoms with Crippen LogP contribution in [-0.4, -0.2) is 52.7 Å². The number of hydrogen-bond donors (Lipinski definition) is 3. The van der Waals surface area contributed by atoms with Gasteiger partial charge in [-0.05, 0) is 50.5 Å². The maximum Gasteiger partial charge on any atom is 0.259 e. The molecule has 3 aliphatic rings. The van der Waals surface area contributed by atoms with Crippen LogP contribution in [0.1, 0.15) is 72.0 Å². The number of piperidine rings is 1. The maximum atomic E-state index is 13.4. The predicted molar refractivity (Wildman–Crippen MR) is 156 cm³/mol. The summed E-state index contributed by atoms with van der Waals surface area (Å²) in [5.41, 5.74) is 20.1. The van der Waals surface area contributed by atoms with E-state index in [1.165, 1.54) is 0 Å². The molecule has 5 N–H and O–H groups in total. The third-order valence-electron chi connectivity index (χ3n) is 9.13. The van der Waals surface area contributed by atoms with E-state index in [0.29, 0.717) is 17.3 Å². The van der Waals surface area contributed by atoms with Gasteiger partial charge >= 0.3 is 0 Å². The van der Waals surface area contributed by atoms with Gasteiger partial charge in [0, 0.05) is 52.6 Å². The summed E-state index contributed by atoms with van der Waals surface area (Å²) in [4.78, 5) is 25.5. The second-order valence-corrected chi connectivity index (χ2v) is 11.6. The highest BCUT2D eigenvalue weighted by atomic mass is 16.2. The number of nitrogens with one attached hydrogen (secondary N) is 1. The zero-order valence-electron chi connectivity index (χ0n) is 22.6. The van der Waals surface area contributed by atoms with E-state index in [0.717, 1.165) is 77.8 Å². The number of nitrogens with zero attached hydrogens (tertiary/aromatic N) is 6. The van der Waals surface area contributed by atoms with Crippen LogP contribution in [0.2, 0.25) is 0 Å². The Balaban J connectivity index is 1.16. The Bertz CT molecular complexity index is 1760. The molecule has 0 spiro atoms. The lowest BCUT2D eigenvalue weighted by molar-refractivity contribution is 0.0570. The summed E-state index contributed by atoms with van der Waals surface area (Å²) < 4.78 is 1.80. The number of pyridine rings is 1. The third kappa shape index (κ3) is 3.88. The number of carbonyl (C=O) groups excluding carboxylic acids is 1. The van der Waals surface area contributed by atoms with Crippen molar-refractivity contribution in [3.05, 3.63) is 77.9 Å². The summed E-state index contributed by atoms with van der Waals surface area (Å²) in [6.45, 7) is 0. The quantitative estimate of drug-likeness (QED) is 0.288. The van der Waals surface area contributed by atoms with Crippen molar-refractivity contribution in [2.45, 2.75) is 62.4 Å². The van der Waals surface area contributed by atoms with Crippen molar-refractivity contribution >= 4 is 23.2 Å². The molecule has 1 amide bonds. The fraction of sp³-hybridized carbons (Fsp3) is 0.323. The highest BCUT2D eigenvalue weighted by molar-refractivity contribution is 5.98. The first-order valence-electron chi connectivity index (χ1n) is 14.4. The van der Waals surface area contributed by atoms with Gasteiger partial charge in [0.05, 0.1) is 17.6 Å². The molecule has 1 aromatic carbocycles. The topological polar surface area (TPSA) is 144 Å². The van der Waals surface area contributed by atoms with Crippen LogP contribution in [0.5, 0.6) is 0 Å². The number of anilines is 2. The third-order valence-corrected chi connectivity index (χ3v) is 9.13. The van der Waals surface area contributed by atoms with Crippen LogP contribution in [0, 0.1) is 0 Å². The van der Waals surface area contributed by atoms with Gasteiger partial charge in [-0.3, -0.25) is 14.9 Å². The van der Waals surface area contributed by atoms with Gasteiger partial charge in [0.15, 0.2) is 11.5 Å². The zero-order valence-corrected chi connectivity index (χ0v) is 22.6. The second kappa shape index (κ2) is 9.15. The summed E-state index contributed by atoms with van der Waals surface area (Å²) >= 11 is 0. The minimum absolute atomic E-state index is 0.0305. The molecule has 6 heterocycles. The minimum atomic E-state index is -0.0305. The first-order valence-corrected chi connectivity index (χ1v) is 14.4. The molecule has 10 heteroatoms. The lowest BCUT2D eigenvalue weighted by Gasteiger charge is -2.39. The van der Waals surface area contributed by atoms with Crippen molar-refractivity contribution in [2.24, 2.45) is 0 Å². The number of nitrogens with two attached hydrogens (primary N) is 2. The zero-order chi connectivity index (χ0) is 27.7. The summed E-state index contributed by atoms with van der Waals surface area (Å²) in [5.74, 6) is 1.56. The molecular weight excluding hydrogens is 514 g/mol. The first-order chi connectivity index (χ1) is 20.1. The van der Waals surface area contributed by atoms with Gasteiger partial charge < -0.3 is 16.4 Å². The van der Waals surface area contributed by atoms with Crippen molar-refractivity contribution in [1.29, 1.82) is 0 Å². The Morgan fingerprint density at radius 3 is 2.34 bits per heavy atom. The first kappa shape index (κ1) is 24.1. The predicted octanol–water partition coefficient (Wildman–Crippen LogP) is 4.77. The van der Waals surface area contributed by atoms with Gasteiger partial charge in [0.1, 0.15) is 11.4 Å². The lowest BCUT2D eigenvalue weighted by atomic mass is 9.84. The van der Waals surface area contributed by atoms with Gasteiger partial charge in [-0.25, -0.2) is 4.98 Å². The van der Waals surface area contributed by atoms with Crippen molar-refractivity contribution < 1.29 is 4.79 Å². The molecule has 3 fully saturated rings. The van der Waals surface area contributed by atoms with Crippen molar-refractivity contribution in [2.75, 3.05) is 11.5 Å². The van der Waals surface area contributed by atoms with Crippen LogP contribution in [0.3, 0.4) is 0 Å². The molecule has 0 unspecified atom stereocenters. The smallest absolute Gasteiger partial charge is 0.259 e. The van der Waals surface area contributed by atoms with Gasteiger partial charge in [0.25, 0.3) is 5.91 Å². The Morgan fingerprint density at radius 2 is 1.68 bits per heavy atom.